The Kier molecular flexibility index (Phi) is 1.60. The second kappa shape index (κ2) is 3.01. The Morgan fingerprint density at radius 1 is 1.06 bits per heavy atom. The normalized spacial score (nSPS) is 12.8. The van der Waals surface area contributed by atoms with Crippen molar-refractivity contribution in [1.29, 1.82) is 0 Å². The summed E-state index contributed by atoms with van der Waals surface area (Å²) in [6.07, 6.45) is 1.00. The van der Waals surface area contributed by atoms with Crippen LogP contribution in [-0.4, -0.2) is 0 Å². The van der Waals surface area contributed by atoms with Gasteiger partial charge in [-0.15, -0.1) is 0 Å². The minimum atomic E-state index is 1.00. The molecule has 0 atom stereocenters. The van der Waals surface area contributed by atoms with Gasteiger partial charge in [-0.3, -0.25) is 0 Å². The van der Waals surface area contributed by atoms with Gasteiger partial charge < -0.3 is 4.42 Å². The smallest absolute Gasteiger partial charge is 0.139 e. The van der Waals surface area contributed by atoms with Crippen molar-refractivity contribution in [2.75, 3.05) is 0 Å². The third kappa shape index (κ3) is 1.14. The SMILES string of the molecule is Cc1ccc2c3c(oc2c1)-c1ccccc1C3. The van der Waals surface area contributed by atoms with Gasteiger partial charge in [0.1, 0.15) is 11.3 Å². The van der Waals surface area contributed by atoms with Gasteiger partial charge in [0.05, 0.1) is 0 Å². The van der Waals surface area contributed by atoms with E-state index in [1.165, 1.54) is 27.6 Å². The zero-order valence-corrected chi connectivity index (χ0v) is 9.66. The van der Waals surface area contributed by atoms with Crippen LogP contribution in [0.25, 0.3) is 22.3 Å². The molecule has 2 aromatic carbocycles. The molecule has 3 aromatic rings. The number of fused-ring (bicyclic) bond motifs is 5. The molecule has 82 valence electrons. The molecule has 0 N–H and O–H groups in total. The Balaban J connectivity index is 2.08. The lowest BCUT2D eigenvalue weighted by Crippen LogP contribution is -1.80. The highest BCUT2D eigenvalue weighted by atomic mass is 16.3. The average Bonchev–Trinajstić information content (AvgIpc) is 2.84. The summed E-state index contributed by atoms with van der Waals surface area (Å²) in [6.45, 7) is 2.10. The largest absolute Gasteiger partial charge is 0.456 e. The highest BCUT2D eigenvalue weighted by molar-refractivity contribution is 5.92. The summed E-state index contributed by atoms with van der Waals surface area (Å²) in [4.78, 5) is 0. The van der Waals surface area contributed by atoms with E-state index >= 15 is 0 Å². The highest BCUT2D eigenvalue weighted by Crippen LogP contribution is 2.42. The standard InChI is InChI=1S/C16H12O/c1-10-6-7-13-14-9-11-4-2-3-5-12(11)16(14)17-15(13)8-10/h2-8H,9H2,1H3. The monoisotopic (exact) mass is 220 g/mol. The van der Waals surface area contributed by atoms with Crippen LogP contribution in [0, 0.1) is 6.92 Å². The van der Waals surface area contributed by atoms with Crippen molar-refractivity contribution in [2.45, 2.75) is 13.3 Å². The summed E-state index contributed by atoms with van der Waals surface area (Å²) in [5, 5.41) is 1.27. The van der Waals surface area contributed by atoms with Crippen molar-refractivity contribution in [3.8, 4) is 11.3 Å². The maximum atomic E-state index is 6.02. The van der Waals surface area contributed by atoms with E-state index in [-0.39, 0.29) is 0 Å². The van der Waals surface area contributed by atoms with Gasteiger partial charge in [0.2, 0.25) is 0 Å². The fourth-order valence-corrected chi connectivity index (χ4v) is 2.74. The number of hydrogen-bond donors (Lipinski definition) is 0. The van der Waals surface area contributed by atoms with Crippen LogP contribution in [0.3, 0.4) is 0 Å². The van der Waals surface area contributed by atoms with Crippen LogP contribution in [-0.2, 0) is 6.42 Å². The highest BCUT2D eigenvalue weighted by Gasteiger charge is 2.24. The molecule has 1 aliphatic rings. The van der Waals surface area contributed by atoms with Crippen LogP contribution < -0.4 is 0 Å². The molecule has 1 heteroatoms. The molecule has 0 radical (unpaired) electrons. The topological polar surface area (TPSA) is 13.1 Å². The van der Waals surface area contributed by atoms with Gasteiger partial charge >= 0.3 is 0 Å². The molecule has 0 saturated carbocycles. The minimum absolute atomic E-state index is 1.00. The number of benzene rings is 2. The van der Waals surface area contributed by atoms with E-state index in [9.17, 15) is 0 Å². The van der Waals surface area contributed by atoms with Crippen molar-refractivity contribution in [1.82, 2.24) is 0 Å². The molecule has 0 amide bonds. The van der Waals surface area contributed by atoms with E-state index in [1.807, 2.05) is 0 Å². The summed E-state index contributed by atoms with van der Waals surface area (Å²) in [5.74, 6) is 1.07. The van der Waals surface area contributed by atoms with E-state index in [4.69, 9.17) is 4.42 Å². The summed E-state index contributed by atoms with van der Waals surface area (Å²) in [7, 11) is 0. The number of hydrogen-bond acceptors (Lipinski definition) is 1. The zero-order chi connectivity index (χ0) is 11.4. The Morgan fingerprint density at radius 2 is 1.94 bits per heavy atom. The van der Waals surface area contributed by atoms with Crippen LogP contribution in [0.2, 0.25) is 0 Å². The molecule has 0 spiro atoms. The Morgan fingerprint density at radius 3 is 2.88 bits per heavy atom. The van der Waals surface area contributed by atoms with Gasteiger partial charge in [-0.05, 0) is 24.1 Å². The molecular weight excluding hydrogens is 208 g/mol. The van der Waals surface area contributed by atoms with E-state index in [2.05, 4.69) is 49.4 Å². The third-order valence-corrected chi connectivity index (χ3v) is 3.58. The van der Waals surface area contributed by atoms with Crippen LogP contribution in [0.4, 0.5) is 0 Å². The summed E-state index contributed by atoms with van der Waals surface area (Å²) < 4.78 is 6.02. The van der Waals surface area contributed by atoms with Gasteiger partial charge in [0.15, 0.2) is 0 Å². The predicted molar refractivity (Wildman–Crippen MR) is 69.2 cm³/mol. The second-order valence-electron chi connectivity index (χ2n) is 4.74. The maximum Gasteiger partial charge on any atom is 0.139 e. The summed E-state index contributed by atoms with van der Waals surface area (Å²) >= 11 is 0. The van der Waals surface area contributed by atoms with Gasteiger partial charge in [-0.25, -0.2) is 0 Å². The number of aryl methyl sites for hydroxylation is 1. The molecule has 1 aromatic heterocycles. The maximum absolute atomic E-state index is 6.02. The minimum Gasteiger partial charge on any atom is -0.456 e. The van der Waals surface area contributed by atoms with Crippen LogP contribution in [0.15, 0.2) is 46.9 Å². The van der Waals surface area contributed by atoms with Gasteiger partial charge in [-0.1, -0.05) is 36.4 Å². The lowest BCUT2D eigenvalue weighted by Gasteiger charge is -1.98. The molecule has 1 aliphatic carbocycles. The molecule has 0 fully saturated rings. The van der Waals surface area contributed by atoms with Crippen molar-refractivity contribution in [3.63, 3.8) is 0 Å². The molecular formula is C16H12O. The molecule has 0 bridgehead atoms. The first-order valence-electron chi connectivity index (χ1n) is 5.93. The molecule has 0 unspecified atom stereocenters. The molecule has 0 aliphatic heterocycles. The van der Waals surface area contributed by atoms with Crippen LogP contribution >= 0.6 is 0 Å². The fraction of sp³-hybridized carbons (Fsp3) is 0.125. The summed E-state index contributed by atoms with van der Waals surface area (Å²) in [6, 6.07) is 15.0. The second-order valence-corrected chi connectivity index (χ2v) is 4.74. The van der Waals surface area contributed by atoms with E-state index in [1.54, 1.807) is 0 Å². The first kappa shape index (κ1) is 9.06. The number of rotatable bonds is 0. The van der Waals surface area contributed by atoms with E-state index in [0.29, 0.717) is 0 Å². The van der Waals surface area contributed by atoms with Crippen LogP contribution in [0.5, 0.6) is 0 Å². The quantitative estimate of drug-likeness (QED) is 0.430. The lowest BCUT2D eigenvalue weighted by molar-refractivity contribution is 0.631. The summed E-state index contributed by atoms with van der Waals surface area (Å²) in [5.41, 5.74) is 6.25. The van der Waals surface area contributed by atoms with Crippen LogP contribution in [0.1, 0.15) is 16.7 Å². The third-order valence-electron chi connectivity index (χ3n) is 3.58. The van der Waals surface area contributed by atoms with Crippen molar-refractivity contribution in [3.05, 3.63) is 59.2 Å². The van der Waals surface area contributed by atoms with E-state index in [0.717, 1.165) is 17.8 Å². The Bertz CT molecular complexity index is 734. The Labute approximate surface area is 99.7 Å². The average molecular weight is 220 g/mol. The van der Waals surface area contributed by atoms with Gasteiger partial charge in [0, 0.05) is 22.9 Å². The predicted octanol–water partition coefficient (Wildman–Crippen LogP) is 4.31. The lowest BCUT2D eigenvalue weighted by atomic mass is 10.1. The van der Waals surface area contributed by atoms with Gasteiger partial charge in [-0.2, -0.15) is 0 Å². The first-order valence-corrected chi connectivity index (χ1v) is 5.93. The van der Waals surface area contributed by atoms with Gasteiger partial charge in [0.25, 0.3) is 0 Å². The molecule has 17 heavy (non-hydrogen) atoms. The van der Waals surface area contributed by atoms with Crippen molar-refractivity contribution < 1.29 is 4.42 Å². The first-order chi connectivity index (χ1) is 8.33. The fourth-order valence-electron chi connectivity index (χ4n) is 2.74. The van der Waals surface area contributed by atoms with Crippen molar-refractivity contribution in [2.24, 2.45) is 0 Å². The Hall–Kier alpha value is -2.02. The zero-order valence-electron chi connectivity index (χ0n) is 9.66. The van der Waals surface area contributed by atoms with Crippen molar-refractivity contribution >= 4 is 11.0 Å². The molecule has 1 heterocycles. The molecule has 1 nitrogen and oxygen atoms in total. The van der Waals surface area contributed by atoms with E-state index < -0.39 is 0 Å². The molecule has 0 saturated heterocycles. The molecule has 4 rings (SSSR count). The number of furan rings is 1.